The number of piperazine rings is 1. The first-order valence-corrected chi connectivity index (χ1v) is 10.2. The summed E-state index contributed by atoms with van der Waals surface area (Å²) in [6.45, 7) is 7.67. The third-order valence-corrected chi connectivity index (χ3v) is 5.91. The standard InChI is InChI=1S/C21H23BrN4O2/c1-14-3-6-18-19(11-14)28-20(24-18)13-25-7-9-26(10-8-25)21(27)23-16-4-5-17(22)15(2)12-16/h3-6,11-12H,7-10,13H2,1-2H3,(H,23,27). The highest BCUT2D eigenvalue weighted by atomic mass is 79.9. The molecular formula is C21H23BrN4O2. The fourth-order valence-corrected chi connectivity index (χ4v) is 3.62. The summed E-state index contributed by atoms with van der Waals surface area (Å²) in [5.74, 6) is 0.726. The maximum Gasteiger partial charge on any atom is 0.321 e. The lowest BCUT2D eigenvalue weighted by Crippen LogP contribution is -2.49. The number of hydrogen-bond donors (Lipinski definition) is 1. The molecular weight excluding hydrogens is 420 g/mol. The molecule has 1 aromatic heterocycles. The zero-order chi connectivity index (χ0) is 19.7. The molecule has 0 saturated carbocycles. The second-order valence-corrected chi connectivity index (χ2v) is 8.09. The van der Waals surface area contributed by atoms with Crippen LogP contribution in [0.3, 0.4) is 0 Å². The van der Waals surface area contributed by atoms with Crippen LogP contribution in [0.1, 0.15) is 17.0 Å². The molecule has 3 aromatic rings. The zero-order valence-electron chi connectivity index (χ0n) is 16.0. The van der Waals surface area contributed by atoms with Crippen LogP contribution in [0, 0.1) is 13.8 Å². The number of nitrogens with zero attached hydrogens (tertiary/aromatic N) is 3. The Labute approximate surface area is 172 Å². The van der Waals surface area contributed by atoms with E-state index >= 15 is 0 Å². The Morgan fingerprint density at radius 2 is 1.93 bits per heavy atom. The number of nitrogens with one attached hydrogen (secondary N) is 1. The van der Waals surface area contributed by atoms with Crippen molar-refractivity contribution in [1.29, 1.82) is 0 Å². The fourth-order valence-electron chi connectivity index (χ4n) is 3.37. The SMILES string of the molecule is Cc1ccc2nc(CN3CCN(C(=O)Nc4ccc(Br)c(C)c4)CC3)oc2c1. The summed E-state index contributed by atoms with van der Waals surface area (Å²) < 4.78 is 6.91. The third kappa shape index (κ3) is 4.20. The highest BCUT2D eigenvalue weighted by Crippen LogP contribution is 2.21. The molecule has 0 atom stereocenters. The number of anilines is 1. The van der Waals surface area contributed by atoms with Gasteiger partial charge in [0, 0.05) is 36.3 Å². The number of aromatic nitrogens is 1. The van der Waals surface area contributed by atoms with Crippen LogP contribution < -0.4 is 5.32 Å². The summed E-state index contributed by atoms with van der Waals surface area (Å²) in [5, 5.41) is 2.98. The number of halogens is 1. The van der Waals surface area contributed by atoms with Gasteiger partial charge in [0.25, 0.3) is 0 Å². The first kappa shape index (κ1) is 19.0. The lowest BCUT2D eigenvalue weighted by molar-refractivity contribution is 0.136. The van der Waals surface area contributed by atoms with Crippen molar-refractivity contribution in [3.8, 4) is 0 Å². The zero-order valence-corrected chi connectivity index (χ0v) is 17.6. The predicted molar refractivity (Wildman–Crippen MR) is 113 cm³/mol. The average molecular weight is 443 g/mol. The average Bonchev–Trinajstić information content (AvgIpc) is 3.06. The Morgan fingerprint density at radius 3 is 2.68 bits per heavy atom. The minimum Gasteiger partial charge on any atom is -0.439 e. The number of oxazole rings is 1. The summed E-state index contributed by atoms with van der Waals surface area (Å²) in [6.07, 6.45) is 0. The van der Waals surface area contributed by atoms with Gasteiger partial charge in [-0.1, -0.05) is 22.0 Å². The maximum absolute atomic E-state index is 12.5. The molecule has 0 unspecified atom stereocenters. The Bertz CT molecular complexity index is 1010. The quantitative estimate of drug-likeness (QED) is 0.645. The van der Waals surface area contributed by atoms with Crippen molar-refractivity contribution in [2.75, 3.05) is 31.5 Å². The molecule has 0 bridgehead atoms. The van der Waals surface area contributed by atoms with Gasteiger partial charge in [-0.05, 0) is 55.3 Å². The monoisotopic (exact) mass is 442 g/mol. The van der Waals surface area contributed by atoms with Crippen LogP contribution in [0.15, 0.2) is 45.3 Å². The van der Waals surface area contributed by atoms with Crippen molar-refractivity contribution < 1.29 is 9.21 Å². The lowest BCUT2D eigenvalue weighted by atomic mass is 10.2. The van der Waals surface area contributed by atoms with Crippen LogP contribution in [-0.4, -0.2) is 47.0 Å². The van der Waals surface area contributed by atoms with E-state index < -0.39 is 0 Å². The molecule has 0 aliphatic carbocycles. The van der Waals surface area contributed by atoms with Crippen LogP contribution in [0.5, 0.6) is 0 Å². The van der Waals surface area contributed by atoms with Gasteiger partial charge in [0.05, 0.1) is 6.54 Å². The summed E-state index contributed by atoms with van der Waals surface area (Å²) in [4.78, 5) is 21.2. The van der Waals surface area contributed by atoms with Crippen LogP contribution in [-0.2, 0) is 6.54 Å². The maximum atomic E-state index is 12.5. The van der Waals surface area contributed by atoms with Crippen LogP contribution in [0.25, 0.3) is 11.1 Å². The van der Waals surface area contributed by atoms with Gasteiger partial charge in [0.1, 0.15) is 5.52 Å². The molecule has 4 rings (SSSR count). The highest BCUT2D eigenvalue weighted by Gasteiger charge is 2.22. The number of fused-ring (bicyclic) bond motifs is 1. The summed E-state index contributed by atoms with van der Waals surface area (Å²) >= 11 is 3.48. The van der Waals surface area contributed by atoms with Crippen LogP contribution in [0.2, 0.25) is 0 Å². The Kier molecular flexibility index (Phi) is 5.37. The largest absolute Gasteiger partial charge is 0.439 e. The molecule has 1 fully saturated rings. The van der Waals surface area contributed by atoms with Gasteiger partial charge in [-0.2, -0.15) is 0 Å². The number of carbonyl (C=O) groups excluding carboxylic acids is 1. The molecule has 2 amide bonds. The van der Waals surface area contributed by atoms with Crippen LogP contribution >= 0.6 is 15.9 Å². The minimum atomic E-state index is -0.0568. The molecule has 1 N–H and O–H groups in total. The smallest absolute Gasteiger partial charge is 0.321 e. The fraction of sp³-hybridized carbons (Fsp3) is 0.333. The molecule has 1 aliphatic rings. The lowest BCUT2D eigenvalue weighted by Gasteiger charge is -2.34. The van der Waals surface area contributed by atoms with E-state index in [0.29, 0.717) is 19.6 Å². The molecule has 28 heavy (non-hydrogen) atoms. The number of aryl methyl sites for hydroxylation is 2. The Hall–Kier alpha value is -2.38. The molecule has 146 valence electrons. The number of hydrogen-bond acceptors (Lipinski definition) is 4. The molecule has 2 heterocycles. The normalized spacial score (nSPS) is 15.2. The highest BCUT2D eigenvalue weighted by molar-refractivity contribution is 9.10. The van der Waals surface area contributed by atoms with E-state index in [9.17, 15) is 4.79 Å². The van der Waals surface area contributed by atoms with E-state index in [-0.39, 0.29) is 6.03 Å². The summed E-state index contributed by atoms with van der Waals surface area (Å²) in [5.41, 5.74) is 4.79. The van der Waals surface area contributed by atoms with E-state index in [4.69, 9.17) is 4.42 Å². The molecule has 6 nitrogen and oxygen atoms in total. The Morgan fingerprint density at radius 1 is 1.14 bits per heavy atom. The van der Waals surface area contributed by atoms with Crippen molar-refractivity contribution in [3.63, 3.8) is 0 Å². The van der Waals surface area contributed by atoms with Gasteiger partial charge in [-0.15, -0.1) is 0 Å². The number of carbonyl (C=O) groups is 1. The Balaban J connectivity index is 1.32. The van der Waals surface area contributed by atoms with Crippen molar-refractivity contribution >= 4 is 38.7 Å². The van der Waals surface area contributed by atoms with E-state index in [1.165, 1.54) is 0 Å². The molecule has 1 saturated heterocycles. The van der Waals surface area contributed by atoms with E-state index in [2.05, 4.69) is 31.1 Å². The number of rotatable bonds is 3. The second-order valence-electron chi connectivity index (χ2n) is 7.24. The van der Waals surface area contributed by atoms with Gasteiger partial charge in [-0.3, -0.25) is 4.90 Å². The molecule has 2 aromatic carbocycles. The van der Waals surface area contributed by atoms with Crippen LogP contribution in [0.4, 0.5) is 10.5 Å². The van der Waals surface area contributed by atoms with Crippen molar-refractivity contribution in [3.05, 3.63) is 57.9 Å². The first-order chi connectivity index (χ1) is 13.5. The minimum absolute atomic E-state index is 0.0568. The van der Waals surface area contributed by atoms with Gasteiger partial charge in [0.15, 0.2) is 5.58 Å². The van der Waals surface area contributed by atoms with Gasteiger partial charge < -0.3 is 14.6 Å². The molecule has 0 spiro atoms. The number of benzene rings is 2. The van der Waals surface area contributed by atoms with Crippen molar-refractivity contribution in [1.82, 2.24) is 14.8 Å². The molecule has 0 radical (unpaired) electrons. The van der Waals surface area contributed by atoms with Gasteiger partial charge >= 0.3 is 6.03 Å². The van der Waals surface area contributed by atoms with E-state index in [0.717, 1.165) is 51.4 Å². The number of amides is 2. The first-order valence-electron chi connectivity index (χ1n) is 9.38. The number of urea groups is 1. The predicted octanol–water partition coefficient (Wildman–Crippen LogP) is 4.56. The van der Waals surface area contributed by atoms with Gasteiger partial charge in [-0.25, -0.2) is 9.78 Å². The molecule has 1 aliphatic heterocycles. The van der Waals surface area contributed by atoms with Gasteiger partial charge in [0.2, 0.25) is 5.89 Å². The van der Waals surface area contributed by atoms with Crippen molar-refractivity contribution in [2.24, 2.45) is 0 Å². The van der Waals surface area contributed by atoms with Crippen molar-refractivity contribution in [2.45, 2.75) is 20.4 Å². The van der Waals surface area contributed by atoms with E-state index in [1.807, 2.05) is 55.1 Å². The van der Waals surface area contributed by atoms with E-state index in [1.54, 1.807) is 0 Å². The third-order valence-electron chi connectivity index (χ3n) is 5.02. The summed E-state index contributed by atoms with van der Waals surface area (Å²) in [7, 11) is 0. The second kappa shape index (κ2) is 7.93. The summed E-state index contributed by atoms with van der Waals surface area (Å²) in [6, 6.07) is 11.8. The topological polar surface area (TPSA) is 61.6 Å². The molecule has 7 heteroatoms.